The lowest BCUT2D eigenvalue weighted by atomic mass is 10.0. The second kappa shape index (κ2) is 10.2. The zero-order valence-corrected chi connectivity index (χ0v) is 19.2. The van der Waals surface area contributed by atoms with E-state index >= 15 is 0 Å². The van der Waals surface area contributed by atoms with Gasteiger partial charge >= 0.3 is 0 Å². The summed E-state index contributed by atoms with van der Waals surface area (Å²) in [6, 6.07) is 21.6. The Hall–Kier alpha value is -2.54. The van der Waals surface area contributed by atoms with Crippen LogP contribution in [-0.2, 0) is 14.8 Å². The van der Waals surface area contributed by atoms with Gasteiger partial charge in [-0.25, -0.2) is 8.42 Å². The van der Waals surface area contributed by atoms with Crippen molar-refractivity contribution >= 4 is 44.8 Å². The van der Waals surface area contributed by atoms with Gasteiger partial charge in [0.15, 0.2) is 0 Å². The molecule has 3 aromatic carbocycles. The van der Waals surface area contributed by atoms with Gasteiger partial charge in [-0.05, 0) is 42.3 Å². The van der Waals surface area contributed by atoms with Gasteiger partial charge in [-0.15, -0.1) is 0 Å². The Morgan fingerprint density at radius 1 is 0.935 bits per heavy atom. The number of sulfonamides is 1. The zero-order chi connectivity index (χ0) is 22.4. The number of amides is 1. The van der Waals surface area contributed by atoms with Crippen LogP contribution in [-0.4, -0.2) is 20.9 Å². The van der Waals surface area contributed by atoms with Crippen molar-refractivity contribution in [3.8, 4) is 0 Å². The predicted octanol–water partition coefficient (Wildman–Crippen LogP) is 5.46. The minimum absolute atomic E-state index is 0.0639. The van der Waals surface area contributed by atoms with E-state index in [2.05, 4.69) is 5.32 Å². The van der Waals surface area contributed by atoms with E-state index in [9.17, 15) is 13.2 Å². The van der Waals surface area contributed by atoms with Crippen LogP contribution < -0.4 is 9.62 Å². The van der Waals surface area contributed by atoms with E-state index in [4.69, 9.17) is 23.2 Å². The summed E-state index contributed by atoms with van der Waals surface area (Å²) in [5.41, 5.74) is 1.16. The molecule has 0 heterocycles. The molecule has 0 aromatic heterocycles. The Labute approximate surface area is 192 Å². The quantitative estimate of drug-likeness (QED) is 0.469. The summed E-state index contributed by atoms with van der Waals surface area (Å²) in [6.07, 6.45) is 0.657. The summed E-state index contributed by atoms with van der Waals surface area (Å²) in [7, 11) is -4.03. The molecule has 1 N–H and O–H groups in total. The first-order valence-electron chi connectivity index (χ1n) is 9.69. The number of anilines is 1. The SMILES string of the molecule is CCC(NC(=O)CN(c1cc(Cl)cc(Cl)c1)S(=O)(=O)c1ccccc1)c1ccccc1. The molecule has 3 rings (SSSR count). The molecule has 0 bridgehead atoms. The second-order valence-electron chi connectivity index (χ2n) is 6.89. The van der Waals surface area contributed by atoms with E-state index in [1.807, 2.05) is 37.3 Å². The maximum Gasteiger partial charge on any atom is 0.264 e. The predicted molar refractivity (Wildman–Crippen MR) is 125 cm³/mol. The van der Waals surface area contributed by atoms with E-state index in [0.717, 1.165) is 9.87 Å². The van der Waals surface area contributed by atoms with Crippen LogP contribution in [0, 0.1) is 0 Å². The summed E-state index contributed by atoms with van der Waals surface area (Å²) in [6.45, 7) is 1.53. The molecule has 0 radical (unpaired) electrons. The van der Waals surface area contributed by atoms with Gasteiger partial charge in [-0.1, -0.05) is 78.7 Å². The summed E-state index contributed by atoms with van der Waals surface area (Å²) in [5.74, 6) is -0.439. The molecule has 1 amide bonds. The number of hydrogen-bond acceptors (Lipinski definition) is 3. The minimum atomic E-state index is -4.03. The van der Waals surface area contributed by atoms with Gasteiger partial charge in [0.25, 0.3) is 10.0 Å². The Morgan fingerprint density at radius 2 is 1.48 bits per heavy atom. The van der Waals surface area contributed by atoms with Crippen molar-refractivity contribution in [2.24, 2.45) is 0 Å². The third kappa shape index (κ3) is 5.79. The van der Waals surface area contributed by atoms with Gasteiger partial charge in [0.2, 0.25) is 5.91 Å². The lowest BCUT2D eigenvalue weighted by Gasteiger charge is -2.26. The molecule has 1 unspecified atom stereocenters. The molecule has 0 aliphatic heterocycles. The maximum absolute atomic E-state index is 13.4. The first kappa shape index (κ1) is 23.1. The number of hydrogen-bond donors (Lipinski definition) is 1. The van der Waals surface area contributed by atoms with E-state index in [1.165, 1.54) is 30.3 Å². The smallest absolute Gasteiger partial charge is 0.264 e. The highest BCUT2D eigenvalue weighted by atomic mass is 35.5. The van der Waals surface area contributed by atoms with Crippen molar-refractivity contribution in [2.75, 3.05) is 10.8 Å². The average Bonchev–Trinajstić information content (AvgIpc) is 2.76. The van der Waals surface area contributed by atoms with Gasteiger partial charge in [-0.2, -0.15) is 0 Å². The number of carbonyl (C=O) groups excluding carboxylic acids is 1. The second-order valence-corrected chi connectivity index (χ2v) is 9.63. The van der Waals surface area contributed by atoms with Gasteiger partial charge in [0.1, 0.15) is 6.54 Å². The number of nitrogens with one attached hydrogen (secondary N) is 1. The molecule has 0 spiro atoms. The normalized spacial score (nSPS) is 12.2. The van der Waals surface area contributed by atoms with Crippen LogP contribution in [0.4, 0.5) is 5.69 Å². The Balaban J connectivity index is 1.94. The minimum Gasteiger partial charge on any atom is -0.348 e. The molecule has 5 nitrogen and oxygen atoms in total. The first-order valence-corrected chi connectivity index (χ1v) is 11.9. The van der Waals surface area contributed by atoms with Crippen molar-refractivity contribution in [1.82, 2.24) is 5.32 Å². The fourth-order valence-electron chi connectivity index (χ4n) is 3.19. The first-order chi connectivity index (χ1) is 14.8. The summed E-state index contributed by atoms with van der Waals surface area (Å²) in [5, 5.41) is 3.47. The van der Waals surface area contributed by atoms with E-state index in [-0.39, 0.29) is 26.7 Å². The molecule has 1 atom stereocenters. The van der Waals surface area contributed by atoms with E-state index in [1.54, 1.807) is 18.2 Å². The molecule has 0 aliphatic carbocycles. The topological polar surface area (TPSA) is 66.5 Å². The monoisotopic (exact) mass is 476 g/mol. The molecule has 0 fully saturated rings. The Bertz CT molecular complexity index is 1120. The van der Waals surface area contributed by atoms with Crippen LogP contribution >= 0.6 is 23.2 Å². The molecule has 0 aliphatic rings. The van der Waals surface area contributed by atoms with Crippen molar-refractivity contribution in [1.29, 1.82) is 0 Å². The van der Waals surface area contributed by atoms with Crippen LogP contribution in [0.5, 0.6) is 0 Å². The van der Waals surface area contributed by atoms with Crippen molar-refractivity contribution in [2.45, 2.75) is 24.3 Å². The molecule has 0 saturated carbocycles. The van der Waals surface area contributed by atoms with Crippen LogP contribution in [0.2, 0.25) is 10.0 Å². The molecule has 3 aromatic rings. The lowest BCUT2D eigenvalue weighted by Crippen LogP contribution is -2.42. The largest absolute Gasteiger partial charge is 0.348 e. The van der Waals surface area contributed by atoms with Gasteiger partial charge in [0, 0.05) is 10.0 Å². The van der Waals surface area contributed by atoms with Crippen LogP contribution in [0.15, 0.2) is 83.8 Å². The van der Waals surface area contributed by atoms with Crippen LogP contribution in [0.25, 0.3) is 0 Å². The number of carbonyl (C=O) groups is 1. The summed E-state index contributed by atoms with van der Waals surface area (Å²) in [4.78, 5) is 13.0. The lowest BCUT2D eigenvalue weighted by molar-refractivity contribution is -0.120. The highest BCUT2D eigenvalue weighted by Gasteiger charge is 2.28. The fourth-order valence-corrected chi connectivity index (χ4v) is 5.14. The molecule has 31 heavy (non-hydrogen) atoms. The van der Waals surface area contributed by atoms with E-state index < -0.39 is 22.5 Å². The molecule has 0 saturated heterocycles. The van der Waals surface area contributed by atoms with Crippen molar-refractivity contribution in [3.05, 3.63) is 94.5 Å². The maximum atomic E-state index is 13.4. The van der Waals surface area contributed by atoms with Gasteiger partial charge < -0.3 is 5.32 Å². The highest BCUT2D eigenvalue weighted by molar-refractivity contribution is 7.92. The van der Waals surface area contributed by atoms with Gasteiger partial charge in [0.05, 0.1) is 16.6 Å². The van der Waals surface area contributed by atoms with Crippen LogP contribution in [0.1, 0.15) is 24.9 Å². The third-order valence-electron chi connectivity index (χ3n) is 4.70. The van der Waals surface area contributed by atoms with Crippen LogP contribution in [0.3, 0.4) is 0 Å². The average molecular weight is 477 g/mol. The molecule has 8 heteroatoms. The molecular formula is C23H22Cl2N2O3S. The standard InChI is InChI=1S/C23H22Cl2N2O3S/c1-2-22(17-9-5-3-6-10-17)26-23(28)16-27(20-14-18(24)13-19(25)15-20)31(29,30)21-11-7-4-8-12-21/h3-15,22H,2,16H2,1H3,(H,26,28). The summed E-state index contributed by atoms with van der Waals surface area (Å²) >= 11 is 12.2. The van der Waals surface area contributed by atoms with Crippen molar-refractivity contribution < 1.29 is 13.2 Å². The Kier molecular flexibility index (Phi) is 7.59. The highest BCUT2D eigenvalue weighted by Crippen LogP contribution is 2.29. The van der Waals surface area contributed by atoms with Crippen molar-refractivity contribution in [3.63, 3.8) is 0 Å². The Morgan fingerprint density at radius 3 is 2.03 bits per heavy atom. The third-order valence-corrected chi connectivity index (χ3v) is 6.92. The van der Waals surface area contributed by atoms with E-state index in [0.29, 0.717) is 6.42 Å². The fraction of sp³-hybridized carbons (Fsp3) is 0.174. The molecular weight excluding hydrogens is 455 g/mol. The number of halogens is 2. The number of nitrogens with zero attached hydrogens (tertiary/aromatic N) is 1. The molecule has 162 valence electrons. The summed E-state index contributed by atoms with van der Waals surface area (Å²) < 4.78 is 27.8. The van der Waals surface area contributed by atoms with Gasteiger partial charge in [-0.3, -0.25) is 9.10 Å². The zero-order valence-electron chi connectivity index (χ0n) is 16.8. The number of benzene rings is 3. The number of rotatable bonds is 8.